The standard InChI is InChI=1S/C14H24N4O/c1-11-13(6-17(3)15-11)7-18-5-12-4-16(2)8-14(18)10-19-9-12/h6,12,14H,4-5,7-10H2,1-3H3/t12-,14-/m0/s1. The molecule has 3 rings (SSSR count). The van der Waals surface area contributed by atoms with Crippen LogP contribution in [0.2, 0.25) is 0 Å². The fourth-order valence-electron chi connectivity index (χ4n) is 3.38. The van der Waals surface area contributed by atoms with Crippen molar-refractivity contribution in [2.75, 3.05) is 39.9 Å². The number of likely N-dealkylation sites (N-methyl/N-ethyl adjacent to an activating group) is 1. The van der Waals surface area contributed by atoms with E-state index >= 15 is 0 Å². The second kappa shape index (κ2) is 5.23. The molecule has 5 heteroatoms. The number of fused-ring (bicyclic) bond motifs is 3. The molecule has 0 spiro atoms. The summed E-state index contributed by atoms with van der Waals surface area (Å²) in [5.74, 6) is 0.634. The topological polar surface area (TPSA) is 33.5 Å². The zero-order valence-corrected chi connectivity index (χ0v) is 12.2. The highest BCUT2D eigenvalue weighted by atomic mass is 16.5. The first-order valence-corrected chi connectivity index (χ1v) is 7.11. The molecule has 0 aliphatic carbocycles. The molecule has 2 aliphatic rings. The molecule has 5 nitrogen and oxygen atoms in total. The maximum Gasteiger partial charge on any atom is 0.0638 e. The fourth-order valence-corrected chi connectivity index (χ4v) is 3.38. The third-order valence-electron chi connectivity index (χ3n) is 4.25. The van der Waals surface area contributed by atoms with E-state index in [0.29, 0.717) is 12.0 Å². The molecule has 1 aromatic heterocycles. The average Bonchev–Trinajstić information content (AvgIpc) is 2.48. The van der Waals surface area contributed by atoms with Gasteiger partial charge in [0.25, 0.3) is 0 Å². The Balaban J connectivity index is 1.78. The molecule has 0 radical (unpaired) electrons. The van der Waals surface area contributed by atoms with Gasteiger partial charge in [0.1, 0.15) is 0 Å². The van der Waals surface area contributed by atoms with Crippen LogP contribution in [0.4, 0.5) is 0 Å². The number of hydrogen-bond acceptors (Lipinski definition) is 4. The molecule has 2 fully saturated rings. The Labute approximate surface area is 115 Å². The van der Waals surface area contributed by atoms with Crippen LogP contribution >= 0.6 is 0 Å². The van der Waals surface area contributed by atoms with Crippen LogP contribution in [-0.4, -0.2) is 65.5 Å². The van der Waals surface area contributed by atoms with Crippen LogP contribution in [0.1, 0.15) is 11.3 Å². The molecule has 0 N–H and O–H groups in total. The van der Waals surface area contributed by atoms with Crippen molar-refractivity contribution in [1.82, 2.24) is 19.6 Å². The Morgan fingerprint density at radius 2 is 2.11 bits per heavy atom. The largest absolute Gasteiger partial charge is 0.379 e. The van der Waals surface area contributed by atoms with E-state index in [2.05, 4.69) is 35.1 Å². The van der Waals surface area contributed by atoms with Crippen LogP contribution in [0.5, 0.6) is 0 Å². The predicted molar refractivity (Wildman–Crippen MR) is 73.9 cm³/mol. The highest BCUT2D eigenvalue weighted by Gasteiger charge is 2.32. The van der Waals surface area contributed by atoms with Crippen LogP contribution in [0, 0.1) is 12.8 Å². The van der Waals surface area contributed by atoms with Crippen molar-refractivity contribution in [2.45, 2.75) is 19.5 Å². The van der Waals surface area contributed by atoms with Crippen LogP contribution in [-0.2, 0) is 18.3 Å². The highest BCUT2D eigenvalue weighted by molar-refractivity contribution is 5.15. The summed E-state index contributed by atoms with van der Waals surface area (Å²) in [5.41, 5.74) is 2.49. The smallest absolute Gasteiger partial charge is 0.0638 e. The molecule has 0 aromatic carbocycles. The lowest BCUT2D eigenvalue weighted by atomic mass is 10.1. The molecule has 3 heterocycles. The van der Waals surface area contributed by atoms with Gasteiger partial charge in [-0.2, -0.15) is 5.10 Å². The SMILES string of the molecule is Cc1nn(C)cc1CN1C[C@H]2COC[C@@H]1CN(C)C2. The van der Waals surface area contributed by atoms with Crippen molar-refractivity contribution in [1.29, 1.82) is 0 Å². The first-order chi connectivity index (χ1) is 9.11. The molecule has 106 valence electrons. The van der Waals surface area contributed by atoms with Crippen molar-refractivity contribution in [3.05, 3.63) is 17.5 Å². The summed E-state index contributed by atoms with van der Waals surface area (Å²) < 4.78 is 7.74. The lowest BCUT2D eigenvalue weighted by Gasteiger charge is -2.29. The van der Waals surface area contributed by atoms with Crippen LogP contribution in [0.15, 0.2) is 6.20 Å². The summed E-state index contributed by atoms with van der Waals surface area (Å²) in [6.45, 7) is 8.27. The first kappa shape index (κ1) is 13.1. The maximum absolute atomic E-state index is 5.82. The van der Waals surface area contributed by atoms with Gasteiger partial charge in [-0.05, 0) is 14.0 Å². The summed E-state index contributed by atoms with van der Waals surface area (Å²) >= 11 is 0. The maximum atomic E-state index is 5.82. The number of rotatable bonds is 2. The Morgan fingerprint density at radius 3 is 2.84 bits per heavy atom. The van der Waals surface area contributed by atoms with E-state index in [1.807, 2.05) is 11.7 Å². The monoisotopic (exact) mass is 264 g/mol. The second-order valence-electron chi connectivity index (χ2n) is 6.12. The van der Waals surface area contributed by atoms with Gasteiger partial charge in [0.2, 0.25) is 0 Å². The van der Waals surface area contributed by atoms with Crippen molar-refractivity contribution in [3.63, 3.8) is 0 Å². The number of aromatic nitrogens is 2. The van der Waals surface area contributed by atoms with Gasteiger partial charge in [0.05, 0.1) is 18.9 Å². The molecule has 2 bridgehead atoms. The van der Waals surface area contributed by atoms with E-state index in [-0.39, 0.29) is 0 Å². The van der Waals surface area contributed by atoms with Gasteiger partial charge >= 0.3 is 0 Å². The van der Waals surface area contributed by atoms with Gasteiger partial charge in [0, 0.05) is 56.9 Å². The lowest BCUT2D eigenvalue weighted by Crippen LogP contribution is -2.42. The normalized spacial score (nSPS) is 29.4. The Kier molecular flexibility index (Phi) is 3.60. The van der Waals surface area contributed by atoms with E-state index in [0.717, 1.165) is 45.1 Å². The lowest BCUT2D eigenvalue weighted by molar-refractivity contribution is 0.0561. The minimum atomic E-state index is 0.511. The zero-order chi connectivity index (χ0) is 13.4. The van der Waals surface area contributed by atoms with Crippen molar-refractivity contribution >= 4 is 0 Å². The van der Waals surface area contributed by atoms with Gasteiger partial charge in [-0.15, -0.1) is 0 Å². The third kappa shape index (κ3) is 2.83. The number of nitrogens with zero attached hydrogens (tertiary/aromatic N) is 4. The van der Waals surface area contributed by atoms with Crippen LogP contribution in [0.25, 0.3) is 0 Å². The van der Waals surface area contributed by atoms with E-state index in [9.17, 15) is 0 Å². The number of aryl methyl sites for hydroxylation is 2. The quantitative estimate of drug-likeness (QED) is 0.778. The van der Waals surface area contributed by atoms with Crippen molar-refractivity contribution < 1.29 is 4.74 Å². The summed E-state index contributed by atoms with van der Waals surface area (Å²) in [6, 6.07) is 0.511. The summed E-state index contributed by atoms with van der Waals surface area (Å²) in [5, 5.41) is 4.45. The highest BCUT2D eigenvalue weighted by Crippen LogP contribution is 2.21. The molecule has 2 saturated heterocycles. The molecule has 2 aliphatic heterocycles. The van der Waals surface area contributed by atoms with E-state index in [1.165, 1.54) is 5.56 Å². The van der Waals surface area contributed by atoms with E-state index < -0.39 is 0 Å². The molecule has 0 unspecified atom stereocenters. The summed E-state index contributed by atoms with van der Waals surface area (Å²) in [4.78, 5) is 5.04. The van der Waals surface area contributed by atoms with Gasteiger partial charge in [-0.3, -0.25) is 9.58 Å². The zero-order valence-electron chi connectivity index (χ0n) is 12.2. The molecule has 1 aromatic rings. The van der Waals surface area contributed by atoms with Crippen molar-refractivity contribution in [3.8, 4) is 0 Å². The Morgan fingerprint density at radius 1 is 1.26 bits per heavy atom. The van der Waals surface area contributed by atoms with Gasteiger partial charge < -0.3 is 9.64 Å². The third-order valence-corrected chi connectivity index (χ3v) is 4.25. The Bertz CT molecular complexity index is 445. The molecular formula is C14H24N4O. The molecule has 2 atom stereocenters. The second-order valence-corrected chi connectivity index (χ2v) is 6.12. The average molecular weight is 264 g/mol. The number of hydrogen-bond donors (Lipinski definition) is 0. The molecule has 0 saturated carbocycles. The number of ether oxygens (including phenoxy) is 1. The summed E-state index contributed by atoms with van der Waals surface area (Å²) in [7, 11) is 4.22. The molecular weight excluding hydrogens is 240 g/mol. The Hall–Kier alpha value is -0.910. The van der Waals surface area contributed by atoms with Crippen LogP contribution < -0.4 is 0 Å². The summed E-state index contributed by atoms with van der Waals surface area (Å²) in [6.07, 6.45) is 2.15. The van der Waals surface area contributed by atoms with Crippen molar-refractivity contribution in [2.24, 2.45) is 13.0 Å². The molecule has 19 heavy (non-hydrogen) atoms. The van der Waals surface area contributed by atoms with Gasteiger partial charge in [-0.1, -0.05) is 0 Å². The predicted octanol–water partition coefficient (Wildman–Crippen LogP) is 0.491. The fraction of sp³-hybridized carbons (Fsp3) is 0.786. The van der Waals surface area contributed by atoms with Gasteiger partial charge in [0.15, 0.2) is 0 Å². The minimum Gasteiger partial charge on any atom is -0.379 e. The minimum absolute atomic E-state index is 0.511. The first-order valence-electron chi connectivity index (χ1n) is 7.11. The van der Waals surface area contributed by atoms with E-state index in [1.54, 1.807) is 0 Å². The van der Waals surface area contributed by atoms with E-state index in [4.69, 9.17) is 4.74 Å². The van der Waals surface area contributed by atoms with Crippen LogP contribution in [0.3, 0.4) is 0 Å². The van der Waals surface area contributed by atoms with Gasteiger partial charge in [-0.25, -0.2) is 0 Å². The molecule has 0 amide bonds.